The van der Waals surface area contributed by atoms with Crippen LogP contribution in [0.3, 0.4) is 0 Å². The molecule has 2 N–H and O–H groups in total. The van der Waals surface area contributed by atoms with Gasteiger partial charge in [-0.1, -0.05) is 25.5 Å². The summed E-state index contributed by atoms with van der Waals surface area (Å²) in [6.45, 7) is 6.66. The number of aliphatic hydroxyl groups excluding tert-OH is 1. The normalized spacial score (nSPS) is 19.5. The SMILES string of the molecule is CCCCOc1cccc(C(O)=C2C(=O)C(=O)N(CCCN3CCOCC3)C2c2cc(Br)c(O)c(OC)c2)c1. The Hall–Kier alpha value is -3.08. The molecule has 39 heavy (non-hydrogen) atoms. The maximum atomic E-state index is 13.4. The number of morpholine rings is 1. The van der Waals surface area contributed by atoms with Crippen molar-refractivity contribution in [1.82, 2.24) is 9.80 Å². The molecule has 0 saturated carbocycles. The summed E-state index contributed by atoms with van der Waals surface area (Å²) in [7, 11) is 1.43. The number of Topliss-reactive ketones (excluding diaryl/α,β-unsaturated/α-hetero) is 1. The number of carbonyl (C=O) groups is 2. The van der Waals surface area contributed by atoms with Crippen LogP contribution in [0.2, 0.25) is 0 Å². The molecule has 2 heterocycles. The summed E-state index contributed by atoms with van der Waals surface area (Å²) < 4.78 is 16.9. The summed E-state index contributed by atoms with van der Waals surface area (Å²) in [6, 6.07) is 9.23. The highest BCUT2D eigenvalue weighted by atomic mass is 79.9. The second-order valence-electron chi connectivity index (χ2n) is 9.58. The number of methoxy groups -OCH3 is 1. The molecule has 4 rings (SSSR count). The molecule has 1 amide bonds. The number of phenols is 1. The van der Waals surface area contributed by atoms with Crippen LogP contribution in [-0.2, 0) is 14.3 Å². The molecule has 10 heteroatoms. The molecule has 0 radical (unpaired) electrons. The zero-order valence-electron chi connectivity index (χ0n) is 22.3. The molecule has 0 bridgehead atoms. The van der Waals surface area contributed by atoms with Gasteiger partial charge in [-0.2, -0.15) is 0 Å². The van der Waals surface area contributed by atoms with Crippen molar-refractivity contribution in [3.05, 3.63) is 57.6 Å². The van der Waals surface area contributed by atoms with Crippen molar-refractivity contribution >= 4 is 33.4 Å². The molecule has 2 aliphatic heterocycles. The predicted octanol–water partition coefficient (Wildman–Crippen LogP) is 4.49. The molecule has 2 saturated heterocycles. The van der Waals surface area contributed by atoms with Crippen LogP contribution in [0.15, 0.2) is 46.4 Å². The number of aromatic hydroxyl groups is 1. The van der Waals surface area contributed by atoms with E-state index in [2.05, 4.69) is 27.8 Å². The Bertz CT molecular complexity index is 1230. The van der Waals surface area contributed by atoms with Crippen LogP contribution < -0.4 is 9.47 Å². The van der Waals surface area contributed by atoms with E-state index in [1.165, 1.54) is 12.0 Å². The summed E-state index contributed by atoms with van der Waals surface area (Å²) in [4.78, 5) is 30.5. The second-order valence-corrected chi connectivity index (χ2v) is 10.4. The van der Waals surface area contributed by atoms with Gasteiger partial charge in [0.25, 0.3) is 11.7 Å². The number of halogens is 1. The Balaban J connectivity index is 1.72. The van der Waals surface area contributed by atoms with E-state index in [1.54, 1.807) is 36.4 Å². The molecule has 0 aromatic heterocycles. The maximum absolute atomic E-state index is 13.4. The van der Waals surface area contributed by atoms with Gasteiger partial charge in [0.1, 0.15) is 11.5 Å². The molecule has 0 aliphatic carbocycles. The van der Waals surface area contributed by atoms with Gasteiger partial charge in [0, 0.05) is 31.7 Å². The van der Waals surface area contributed by atoms with Gasteiger partial charge in [-0.25, -0.2) is 0 Å². The number of rotatable bonds is 11. The van der Waals surface area contributed by atoms with Gasteiger partial charge in [-0.15, -0.1) is 0 Å². The minimum absolute atomic E-state index is 0.0169. The van der Waals surface area contributed by atoms with Crippen molar-refractivity contribution in [3.8, 4) is 17.2 Å². The predicted molar refractivity (Wildman–Crippen MR) is 150 cm³/mol. The molecule has 1 unspecified atom stereocenters. The molecular formula is C29H35BrN2O7. The van der Waals surface area contributed by atoms with Gasteiger partial charge in [0.15, 0.2) is 11.5 Å². The van der Waals surface area contributed by atoms with E-state index >= 15 is 0 Å². The van der Waals surface area contributed by atoms with E-state index in [4.69, 9.17) is 14.2 Å². The quantitative estimate of drug-likeness (QED) is 0.168. The van der Waals surface area contributed by atoms with E-state index in [9.17, 15) is 19.8 Å². The van der Waals surface area contributed by atoms with Crippen LogP contribution in [0.25, 0.3) is 5.76 Å². The number of unbranched alkanes of at least 4 members (excludes halogenated alkanes) is 1. The molecule has 0 spiro atoms. The minimum atomic E-state index is -0.870. The first-order valence-corrected chi connectivity index (χ1v) is 14.0. The number of ketones is 1. The number of ether oxygens (including phenoxy) is 3. The first-order chi connectivity index (χ1) is 18.8. The third kappa shape index (κ3) is 6.57. The lowest BCUT2D eigenvalue weighted by molar-refractivity contribution is -0.140. The molecule has 1 atom stereocenters. The lowest BCUT2D eigenvalue weighted by atomic mass is 9.95. The van der Waals surface area contributed by atoms with Gasteiger partial charge >= 0.3 is 0 Å². The fourth-order valence-electron chi connectivity index (χ4n) is 4.88. The fraction of sp³-hybridized carbons (Fsp3) is 0.448. The number of hydrogen-bond donors (Lipinski definition) is 2. The van der Waals surface area contributed by atoms with Crippen molar-refractivity contribution in [3.63, 3.8) is 0 Å². The van der Waals surface area contributed by atoms with Crippen molar-refractivity contribution in [2.45, 2.75) is 32.2 Å². The zero-order chi connectivity index (χ0) is 27.9. The van der Waals surface area contributed by atoms with Crippen molar-refractivity contribution in [1.29, 1.82) is 0 Å². The van der Waals surface area contributed by atoms with Crippen LogP contribution in [0.1, 0.15) is 43.4 Å². The Kier molecular flexibility index (Phi) is 9.88. The van der Waals surface area contributed by atoms with Crippen LogP contribution >= 0.6 is 15.9 Å². The molecule has 2 aromatic carbocycles. The molecule has 2 aliphatic rings. The summed E-state index contributed by atoms with van der Waals surface area (Å²) in [5.41, 5.74) is 0.890. The topological polar surface area (TPSA) is 109 Å². The second kappa shape index (κ2) is 13.3. The van der Waals surface area contributed by atoms with Crippen LogP contribution in [0.4, 0.5) is 0 Å². The number of benzene rings is 2. The van der Waals surface area contributed by atoms with Crippen LogP contribution in [-0.4, -0.2) is 84.8 Å². The largest absolute Gasteiger partial charge is 0.507 e. The number of nitrogens with zero attached hydrogens (tertiary/aromatic N) is 2. The smallest absolute Gasteiger partial charge is 0.295 e. The maximum Gasteiger partial charge on any atom is 0.295 e. The number of carbonyl (C=O) groups excluding carboxylic acids is 2. The first-order valence-electron chi connectivity index (χ1n) is 13.2. The molecular weight excluding hydrogens is 568 g/mol. The number of aliphatic hydroxyl groups is 1. The highest BCUT2D eigenvalue weighted by molar-refractivity contribution is 9.10. The monoisotopic (exact) mass is 602 g/mol. The summed E-state index contributed by atoms with van der Waals surface area (Å²) in [6.07, 6.45) is 2.52. The lowest BCUT2D eigenvalue weighted by Crippen LogP contribution is -2.39. The number of hydrogen-bond acceptors (Lipinski definition) is 8. The van der Waals surface area contributed by atoms with Crippen molar-refractivity contribution in [2.24, 2.45) is 0 Å². The third-order valence-electron chi connectivity index (χ3n) is 6.98. The van der Waals surface area contributed by atoms with Gasteiger partial charge in [-0.05, 0) is 58.6 Å². The van der Waals surface area contributed by atoms with Crippen molar-refractivity contribution < 1.29 is 34.0 Å². The standard InChI is InChI=1S/C29H35BrN2O7/c1-3-4-13-39-21-8-5-7-19(16-21)26(33)24-25(20-17-22(30)27(34)23(18-20)37-2)32(29(36)28(24)35)10-6-9-31-11-14-38-15-12-31/h5,7-8,16-18,25,33-34H,3-4,6,9-15H2,1-2H3. The van der Waals surface area contributed by atoms with Crippen LogP contribution in [0, 0.1) is 0 Å². The van der Waals surface area contributed by atoms with Crippen LogP contribution in [0.5, 0.6) is 17.2 Å². The number of likely N-dealkylation sites (tertiary alicyclic amines) is 1. The summed E-state index contributed by atoms with van der Waals surface area (Å²) in [5, 5.41) is 21.8. The Morgan fingerprint density at radius 1 is 1.13 bits per heavy atom. The van der Waals surface area contributed by atoms with Gasteiger partial charge in [0.2, 0.25) is 0 Å². The molecule has 210 valence electrons. The Labute approximate surface area is 237 Å². The zero-order valence-corrected chi connectivity index (χ0v) is 23.9. The average Bonchev–Trinajstić information content (AvgIpc) is 3.20. The van der Waals surface area contributed by atoms with E-state index in [1.807, 2.05) is 0 Å². The van der Waals surface area contributed by atoms with E-state index in [-0.39, 0.29) is 22.8 Å². The van der Waals surface area contributed by atoms with Gasteiger partial charge in [0.05, 0.1) is 43.0 Å². The van der Waals surface area contributed by atoms with E-state index in [0.29, 0.717) is 54.1 Å². The van der Waals surface area contributed by atoms with E-state index < -0.39 is 17.7 Å². The average molecular weight is 604 g/mol. The molecule has 2 aromatic rings. The van der Waals surface area contributed by atoms with Crippen molar-refractivity contribution in [2.75, 3.05) is 53.1 Å². The summed E-state index contributed by atoms with van der Waals surface area (Å²) in [5.74, 6) is -1.06. The first kappa shape index (κ1) is 28.9. The number of amides is 1. The third-order valence-corrected chi connectivity index (χ3v) is 7.58. The Morgan fingerprint density at radius 3 is 2.62 bits per heavy atom. The fourth-order valence-corrected chi connectivity index (χ4v) is 5.34. The summed E-state index contributed by atoms with van der Waals surface area (Å²) >= 11 is 3.35. The highest BCUT2D eigenvalue weighted by Gasteiger charge is 2.46. The lowest BCUT2D eigenvalue weighted by Gasteiger charge is -2.29. The van der Waals surface area contributed by atoms with E-state index in [0.717, 1.165) is 32.5 Å². The molecule has 2 fully saturated rings. The highest BCUT2D eigenvalue weighted by Crippen LogP contribution is 2.44. The minimum Gasteiger partial charge on any atom is -0.507 e. The van der Waals surface area contributed by atoms with Gasteiger partial charge in [-0.3, -0.25) is 14.5 Å². The molecule has 9 nitrogen and oxygen atoms in total. The van der Waals surface area contributed by atoms with Gasteiger partial charge < -0.3 is 29.3 Å². The Morgan fingerprint density at radius 2 is 1.90 bits per heavy atom. The number of phenolic OH excluding ortho intramolecular Hbond substituents is 1.